The zero-order chi connectivity index (χ0) is 24.2. The van der Waals surface area contributed by atoms with E-state index in [4.69, 9.17) is 13.9 Å². The van der Waals surface area contributed by atoms with Crippen molar-refractivity contribution in [3.63, 3.8) is 0 Å². The molecule has 0 aliphatic rings. The van der Waals surface area contributed by atoms with E-state index in [-0.39, 0.29) is 11.4 Å². The summed E-state index contributed by atoms with van der Waals surface area (Å²) in [6, 6.07) is 11.9. The van der Waals surface area contributed by atoms with Crippen molar-refractivity contribution in [3.8, 4) is 11.5 Å². The number of amides is 1. The number of anilines is 1. The Bertz CT molecular complexity index is 1210. The van der Waals surface area contributed by atoms with Crippen LogP contribution in [0, 0.1) is 20.8 Å². The van der Waals surface area contributed by atoms with Crippen LogP contribution in [0.15, 0.2) is 58.0 Å². The van der Waals surface area contributed by atoms with E-state index in [1.54, 1.807) is 44.2 Å². The Kier molecular flexibility index (Phi) is 7.45. The minimum absolute atomic E-state index is 0.0880. The first-order valence-electron chi connectivity index (χ1n) is 10.3. The average molecular weight is 473 g/mol. The lowest BCUT2D eigenvalue weighted by Crippen LogP contribution is -2.38. The Morgan fingerprint density at radius 3 is 2.30 bits per heavy atom. The topological polar surface area (TPSA) is 98.1 Å². The third-order valence-corrected chi connectivity index (χ3v) is 7.22. The second-order valence-corrected chi connectivity index (χ2v) is 9.57. The van der Waals surface area contributed by atoms with Crippen LogP contribution < -0.4 is 14.8 Å². The number of methoxy groups -OCH3 is 2. The number of hydrogen-bond donors (Lipinski definition) is 1. The second kappa shape index (κ2) is 10.1. The Morgan fingerprint density at radius 2 is 1.73 bits per heavy atom. The van der Waals surface area contributed by atoms with E-state index in [0.717, 1.165) is 9.87 Å². The van der Waals surface area contributed by atoms with E-state index in [1.807, 2.05) is 19.1 Å². The van der Waals surface area contributed by atoms with Crippen LogP contribution in [0.2, 0.25) is 0 Å². The van der Waals surface area contributed by atoms with Gasteiger partial charge in [0.1, 0.15) is 17.3 Å². The van der Waals surface area contributed by atoms with Gasteiger partial charge < -0.3 is 19.2 Å². The van der Waals surface area contributed by atoms with Gasteiger partial charge in [-0.05, 0) is 56.2 Å². The fourth-order valence-electron chi connectivity index (χ4n) is 3.76. The third-order valence-electron chi connectivity index (χ3n) is 5.12. The molecular weight excluding hydrogens is 444 g/mol. The van der Waals surface area contributed by atoms with Crippen LogP contribution in [0.4, 0.5) is 5.69 Å². The molecule has 1 N–H and O–H groups in total. The van der Waals surface area contributed by atoms with Gasteiger partial charge in [0, 0.05) is 6.07 Å². The number of aryl methyl sites for hydroxylation is 3. The summed E-state index contributed by atoms with van der Waals surface area (Å²) in [4.78, 5) is 13.1. The lowest BCUT2D eigenvalue weighted by Gasteiger charge is -2.23. The number of carbonyl (C=O) groups excluding carboxylic acids is 1. The Balaban J connectivity index is 1.93. The zero-order valence-electron chi connectivity index (χ0n) is 19.3. The molecule has 0 fully saturated rings. The average Bonchev–Trinajstić information content (AvgIpc) is 3.25. The van der Waals surface area contributed by atoms with Gasteiger partial charge in [0.15, 0.2) is 0 Å². The van der Waals surface area contributed by atoms with Crippen molar-refractivity contribution in [3.05, 3.63) is 71.2 Å². The van der Waals surface area contributed by atoms with E-state index in [0.29, 0.717) is 34.1 Å². The smallest absolute Gasteiger partial charge is 0.244 e. The minimum atomic E-state index is -4.01. The van der Waals surface area contributed by atoms with Gasteiger partial charge in [-0.3, -0.25) is 4.79 Å². The molecule has 9 heteroatoms. The molecular formula is C24H28N2O6S. The van der Waals surface area contributed by atoms with Crippen molar-refractivity contribution in [2.45, 2.75) is 32.2 Å². The first-order chi connectivity index (χ1) is 15.6. The van der Waals surface area contributed by atoms with Crippen LogP contribution in [-0.2, 0) is 21.4 Å². The summed E-state index contributed by atoms with van der Waals surface area (Å²) in [5, 5.41) is 2.73. The molecule has 0 atom stereocenters. The van der Waals surface area contributed by atoms with E-state index in [2.05, 4.69) is 5.32 Å². The first kappa shape index (κ1) is 24.3. The molecule has 1 amide bonds. The molecule has 33 heavy (non-hydrogen) atoms. The van der Waals surface area contributed by atoms with E-state index < -0.39 is 22.5 Å². The van der Waals surface area contributed by atoms with Gasteiger partial charge in [0.05, 0.1) is 44.2 Å². The molecule has 0 aliphatic heterocycles. The second-order valence-electron chi connectivity index (χ2n) is 7.69. The highest BCUT2D eigenvalue weighted by molar-refractivity contribution is 7.89. The molecule has 3 rings (SSSR count). The number of sulfonamides is 1. The largest absolute Gasteiger partial charge is 0.497 e. The highest BCUT2D eigenvalue weighted by atomic mass is 32.2. The monoisotopic (exact) mass is 472 g/mol. The summed E-state index contributed by atoms with van der Waals surface area (Å²) < 4.78 is 44.3. The quantitative estimate of drug-likeness (QED) is 0.505. The Labute approximate surface area is 194 Å². The molecule has 1 aromatic heterocycles. The number of benzene rings is 2. The van der Waals surface area contributed by atoms with Crippen molar-refractivity contribution < 1.29 is 27.1 Å². The van der Waals surface area contributed by atoms with Crippen LogP contribution in [0.25, 0.3) is 0 Å². The van der Waals surface area contributed by atoms with Gasteiger partial charge >= 0.3 is 0 Å². The summed E-state index contributed by atoms with van der Waals surface area (Å²) in [5.41, 5.74) is 2.61. The van der Waals surface area contributed by atoms with Gasteiger partial charge in [-0.2, -0.15) is 4.31 Å². The highest BCUT2D eigenvalue weighted by Crippen LogP contribution is 2.30. The lowest BCUT2D eigenvalue weighted by molar-refractivity contribution is -0.116. The zero-order valence-corrected chi connectivity index (χ0v) is 20.2. The number of hydrogen-bond acceptors (Lipinski definition) is 6. The summed E-state index contributed by atoms with van der Waals surface area (Å²) in [6.45, 7) is 4.91. The van der Waals surface area contributed by atoms with Crippen LogP contribution in [-0.4, -0.2) is 39.4 Å². The predicted molar refractivity (Wildman–Crippen MR) is 125 cm³/mol. The van der Waals surface area contributed by atoms with Gasteiger partial charge in [-0.25, -0.2) is 8.42 Å². The molecule has 0 radical (unpaired) electrons. The van der Waals surface area contributed by atoms with Crippen molar-refractivity contribution in [1.82, 2.24) is 4.31 Å². The molecule has 0 unspecified atom stereocenters. The highest BCUT2D eigenvalue weighted by Gasteiger charge is 2.30. The van der Waals surface area contributed by atoms with Crippen molar-refractivity contribution in [1.29, 1.82) is 0 Å². The fourth-order valence-corrected chi connectivity index (χ4v) is 5.53. The number of rotatable bonds is 9. The molecule has 2 aromatic carbocycles. The number of nitrogens with zero attached hydrogens (tertiary/aromatic N) is 1. The molecule has 3 aromatic rings. The number of ether oxygens (including phenoxy) is 2. The van der Waals surface area contributed by atoms with E-state index >= 15 is 0 Å². The van der Waals surface area contributed by atoms with Crippen LogP contribution in [0.1, 0.15) is 22.5 Å². The molecule has 0 saturated carbocycles. The maximum atomic E-state index is 13.7. The predicted octanol–water partition coefficient (Wildman–Crippen LogP) is 4.05. The van der Waals surface area contributed by atoms with Gasteiger partial charge in [0.2, 0.25) is 15.9 Å². The van der Waals surface area contributed by atoms with E-state index in [9.17, 15) is 13.2 Å². The van der Waals surface area contributed by atoms with Crippen LogP contribution in [0.3, 0.4) is 0 Å². The number of furan rings is 1. The Hall–Kier alpha value is -3.30. The first-order valence-corrected chi connectivity index (χ1v) is 11.7. The van der Waals surface area contributed by atoms with E-state index in [1.165, 1.54) is 20.5 Å². The molecule has 0 aliphatic carbocycles. The summed E-state index contributed by atoms with van der Waals surface area (Å²) >= 11 is 0. The van der Waals surface area contributed by atoms with Crippen molar-refractivity contribution >= 4 is 21.6 Å². The van der Waals surface area contributed by atoms with Crippen LogP contribution in [0.5, 0.6) is 11.5 Å². The third kappa shape index (κ3) is 5.55. The summed E-state index contributed by atoms with van der Waals surface area (Å²) in [6.07, 6.45) is 1.46. The van der Waals surface area contributed by atoms with Gasteiger partial charge in [-0.15, -0.1) is 0 Å². The minimum Gasteiger partial charge on any atom is -0.497 e. The van der Waals surface area contributed by atoms with Gasteiger partial charge in [-0.1, -0.05) is 17.7 Å². The molecule has 8 nitrogen and oxygen atoms in total. The SMILES string of the molecule is COc1ccc(NC(=O)CN(Cc2ccco2)S(=O)(=O)c2c(C)cc(C)cc2C)c(OC)c1. The molecule has 0 spiro atoms. The van der Waals surface area contributed by atoms with Crippen molar-refractivity contribution in [2.75, 3.05) is 26.1 Å². The van der Waals surface area contributed by atoms with Crippen LogP contribution >= 0.6 is 0 Å². The maximum Gasteiger partial charge on any atom is 0.244 e. The van der Waals surface area contributed by atoms with Gasteiger partial charge in [0.25, 0.3) is 0 Å². The normalized spacial score (nSPS) is 11.5. The molecule has 0 saturated heterocycles. The maximum absolute atomic E-state index is 13.7. The standard InChI is InChI=1S/C24H28N2O6S/c1-16-11-17(2)24(18(3)12-16)33(28,29)26(14-20-7-6-10-32-20)15-23(27)25-21-9-8-19(30-4)13-22(21)31-5/h6-13H,14-15H2,1-5H3,(H,25,27). The fraction of sp³-hybridized carbons (Fsp3) is 0.292. The number of nitrogens with one attached hydrogen (secondary N) is 1. The summed E-state index contributed by atoms with van der Waals surface area (Å²) in [7, 11) is -1.01. The lowest BCUT2D eigenvalue weighted by atomic mass is 10.1. The van der Waals surface area contributed by atoms with Crippen molar-refractivity contribution in [2.24, 2.45) is 0 Å². The molecule has 0 bridgehead atoms. The summed E-state index contributed by atoms with van der Waals surface area (Å²) in [5.74, 6) is 0.873. The number of carbonyl (C=O) groups is 1. The molecule has 176 valence electrons. The Morgan fingerprint density at radius 1 is 1.03 bits per heavy atom. The molecule has 1 heterocycles.